The molecule has 0 aromatic heterocycles. The van der Waals surface area contributed by atoms with Crippen LogP contribution in [0.2, 0.25) is 0 Å². The predicted octanol–water partition coefficient (Wildman–Crippen LogP) is 4.98. The van der Waals surface area contributed by atoms with Crippen LogP contribution in [0.3, 0.4) is 0 Å². The van der Waals surface area contributed by atoms with Gasteiger partial charge >= 0.3 is 0 Å². The third-order valence-corrected chi connectivity index (χ3v) is 3.03. The molecule has 1 rings (SSSR count). The van der Waals surface area contributed by atoms with Crippen molar-refractivity contribution in [2.45, 2.75) is 47.0 Å². The predicted molar refractivity (Wildman–Crippen MR) is 87.5 cm³/mol. The van der Waals surface area contributed by atoms with Gasteiger partial charge in [-0.15, -0.1) is 0 Å². The van der Waals surface area contributed by atoms with E-state index >= 15 is 0 Å². The van der Waals surface area contributed by atoms with Crippen molar-refractivity contribution in [3.05, 3.63) is 36.0 Å². The van der Waals surface area contributed by atoms with Crippen molar-refractivity contribution in [3.8, 4) is 0 Å². The molecule has 1 unspecified atom stereocenters. The zero-order valence-corrected chi connectivity index (χ0v) is 12.8. The summed E-state index contributed by atoms with van der Waals surface area (Å²) in [5.41, 5.74) is 2.51. The summed E-state index contributed by atoms with van der Waals surface area (Å²) in [7, 11) is 0. The maximum atomic E-state index is 7.54. The second-order valence-corrected chi connectivity index (χ2v) is 4.29. The summed E-state index contributed by atoms with van der Waals surface area (Å²) in [6.07, 6.45) is 14.9. The second kappa shape index (κ2) is 11.6. The van der Waals surface area contributed by atoms with Gasteiger partial charge in [-0.05, 0) is 26.2 Å². The first kappa shape index (κ1) is 17.6. The normalized spacial score (nSPS) is 16.0. The fraction of sp³-hybridized carbons (Fsp3) is 0.529. The van der Waals surface area contributed by atoms with Crippen LogP contribution in [0.5, 0.6) is 0 Å². The average molecular weight is 260 g/mol. The molecule has 0 aromatic rings. The molecule has 0 heterocycles. The van der Waals surface area contributed by atoms with E-state index in [1.54, 1.807) is 6.21 Å². The lowest BCUT2D eigenvalue weighted by molar-refractivity contribution is 0.712. The minimum Gasteiger partial charge on any atom is -0.312 e. The lowest BCUT2D eigenvalue weighted by Gasteiger charge is -2.13. The number of hydrogen-bond donors (Lipinski definition) is 1. The van der Waals surface area contributed by atoms with Crippen LogP contribution in [0.25, 0.3) is 0 Å². The third-order valence-electron chi connectivity index (χ3n) is 3.03. The highest BCUT2D eigenvalue weighted by Crippen LogP contribution is 2.19. The standard InChI is InChI=1S/C15H22N2.C2H6/c1-3-13(2)17-11-10-15(12-16)14-8-6-4-5-7-9-14;1-2/h4-8,12,15-16H,3,9-11H2,1-2H3;1-2H3. The fourth-order valence-electron chi connectivity index (χ4n) is 1.75. The Labute approximate surface area is 118 Å². The summed E-state index contributed by atoms with van der Waals surface area (Å²) in [6.45, 7) is 9.01. The molecule has 0 saturated carbocycles. The van der Waals surface area contributed by atoms with Crippen LogP contribution in [0, 0.1) is 11.3 Å². The highest BCUT2D eigenvalue weighted by molar-refractivity contribution is 5.81. The minimum absolute atomic E-state index is 0.232. The summed E-state index contributed by atoms with van der Waals surface area (Å²) in [5.74, 6) is 0.232. The summed E-state index contributed by atoms with van der Waals surface area (Å²) in [4.78, 5) is 4.50. The molecule has 0 bridgehead atoms. The van der Waals surface area contributed by atoms with Gasteiger partial charge in [-0.25, -0.2) is 0 Å². The Balaban J connectivity index is 0.00000154. The van der Waals surface area contributed by atoms with Gasteiger partial charge in [-0.2, -0.15) is 0 Å². The Morgan fingerprint density at radius 2 is 2.11 bits per heavy atom. The fourth-order valence-corrected chi connectivity index (χ4v) is 1.75. The van der Waals surface area contributed by atoms with E-state index in [2.05, 4.69) is 43.1 Å². The molecular weight excluding hydrogens is 232 g/mol. The molecule has 0 aromatic carbocycles. The van der Waals surface area contributed by atoms with Crippen LogP contribution in [0.1, 0.15) is 47.0 Å². The van der Waals surface area contributed by atoms with Crippen LogP contribution in [-0.4, -0.2) is 18.5 Å². The van der Waals surface area contributed by atoms with Gasteiger partial charge < -0.3 is 5.41 Å². The lowest BCUT2D eigenvalue weighted by atomic mass is 9.94. The van der Waals surface area contributed by atoms with Gasteiger partial charge in [0.15, 0.2) is 0 Å². The smallest absolute Gasteiger partial charge is 0.0397 e. The highest BCUT2D eigenvalue weighted by atomic mass is 14.7. The van der Waals surface area contributed by atoms with Gasteiger partial charge in [0.1, 0.15) is 0 Å². The summed E-state index contributed by atoms with van der Waals surface area (Å²) in [6, 6.07) is 0. The maximum Gasteiger partial charge on any atom is 0.0397 e. The van der Waals surface area contributed by atoms with Gasteiger partial charge in [-0.3, -0.25) is 4.99 Å². The molecule has 106 valence electrons. The van der Waals surface area contributed by atoms with Gasteiger partial charge in [-0.1, -0.05) is 56.7 Å². The average Bonchev–Trinajstić information content (AvgIpc) is 2.74. The Hall–Kier alpha value is -1.44. The first-order valence-corrected chi connectivity index (χ1v) is 7.30. The van der Waals surface area contributed by atoms with E-state index in [1.165, 1.54) is 11.3 Å². The molecule has 0 fully saturated rings. The van der Waals surface area contributed by atoms with Crippen LogP contribution >= 0.6 is 0 Å². The van der Waals surface area contributed by atoms with Crippen molar-refractivity contribution < 1.29 is 0 Å². The van der Waals surface area contributed by atoms with Crippen molar-refractivity contribution in [2.24, 2.45) is 10.9 Å². The molecular formula is C17H28N2. The molecule has 1 aliphatic carbocycles. The van der Waals surface area contributed by atoms with E-state index in [0.717, 1.165) is 25.8 Å². The van der Waals surface area contributed by atoms with E-state index in [4.69, 9.17) is 5.41 Å². The molecule has 1 aliphatic rings. The SMILES string of the molecule is CC.CCC(C)=NCCC(C=N)C1=CC=CC=CC1. The molecule has 1 N–H and O–H groups in total. The number of aliphatic imine (C=N–C) groups is 1. The van der Waals surface area contributed by atoms with Gasteiger partial charge in [0, 0.05) is 24.4 Å². The number of hydrogen-bond acceptors (Lipinski definition) is 2. The Bertz CT molecular complexity index is 359. The van der Waals surface area contributed by atoms with Gasteiger partial charge in [0.25, 0.3) is 0 Å². The summed E-state index contributed by atoms with van der Waals surface area (Å²) < 4.78 is 0. The molecule has 0 amide bonds. The Morgan fingerprint density at radius 1 is 1.37 bits per heavy atom. The van der Waals surface area contributed by atoms with E-state index in [1.807, 2.05) is 19.9 Å². The van der Waals surface area contributed by atoms with Crippen molar-refractivity contribution in [2.75, 3.05) is 6.54 Å². The largest absolute Gasteiger partial charge is 0.312 e. The van der Waals surface area contributed by atoms with Crippen LogP contribution in [0.4, 0.5) is 0 Å². The van der Waals surface area contributed by atoms with Crippen LogP contribution in [-0.2, 0) is 0 Å². The molecule has 0 aliphatic heterocycles. The molecule has 1 atom stereocenters. The van der Waals surface area contributed by atoms with Gasteiger partial charge in [0.05, 0.1) is 0 Å². The molecule has 0 saturated heterocycles. The highest BCUT2D eigenvalue weighted by Gasteiger charge is 2.10. The van der Waals surface area contributed by atoms with Crippen molar-refractivity contribution >= 4 is 11.9 Å². The number of allylic oxidation sites excluding steroid dienone is 6. The number of nitrogens with zero attached hydrogens (tertiary/aromatic N) is 1. The van der Waals surface area contributed by atoms with E-state index in [0.29, 0.717) is 0 Å². The molecule has 2 nitrogen and oxygen atoms in total. The Kier molecular flexibility index (Phi) is 10.8. The number of rotatable bonds is 6. The monoisotopic (exact) mass is 260 g/mol. The lowest BCUT2D eigenvalue weighted by Crippen LogP contribution is -2.07. The Morgan fingerprint density at radius 3 is 2.74 bits per heavy atom. The zero-order valence-electron chi connectivity index (χ0n) is 12.8. The van der Waals surface area contributed by atoms with Crippen molar-refractivity contribution in [1.29, 1.82) is 5.41 Å². The van der Waals surface area contributed by atoms with Crippen molar-refractivity contribution in [3.63, 3.8) is 0 Å². The topological polar surface area (TPSA) is 36.2 Å². The van der Waals surface area contributed by atoms with Crippen LogP contribution < -0.4 is 0 Å². The molecule has 0 radical (unpaired) electrons. The minimum atomic E-state index is 0.232. The molecule has 19 heavy (non-hydrogen) atoms. The van der Waals surface area contributed by atoms with E-state index in [-0.39, 0.29) is 5.92 Å². The van der Waals surface area contributed by atoms with Crippen LogP contribution in [0.15, 0.2) is 40.9 Å². The maximum absolute atomic E-state index is 7.54. The molecule has 0 spiro atoms. The zero-order chi connectivity index (χ0) is 14.5. The molecule has 2 heteroatoms. The summed E-state index contributed by atoms with van der Waals surface area (Å²) in [5, 5.41) is 7.54. The first-order valence-electron chi connectivity index (χ1n) is 7.30. The van der Waals surface area contributed by atoms with Gasteiger partial charge in [0.2, 0.25) is 0 Å². The third kappa shape index (κ3) is 7.55. The summed E-state index contributed by atoms with van der Waals surface area (Å²) >= 11 is 0. The quantitative estimate of drug-likeness (QED) is 0.654. The van der Waals surface area contributed by atoms with Crippen molar-refractivity contribution in [1.82, 2.24) is 0 Å². The van der Waals surface area contributed by atoms with E-state index < -0.39 is 0 Å². The number of nitrogens with one attached hydrogen (secondary N) is 1. The first-order chi connectivity index (χ1) is 9.27. The second-order valence-electron chi connectivity index (χ2n) is 4.29. The van der Waals surface area contributed by atoms with E-state index in [9.17, 15) is 0 Å².